The summed E-state index contributed by atoms with van der Waals surface area (Å²) in [5, 5.41) is 0. The van der Waals surface area contributed by atoms with Gasteiger partial charge in [0.1, 0.15) is 0 Å². The zero-order chi connectivity index (χ0) is 14.5. The lowest BCUT2D eigenvalue weighted by Crippen LogP contribution is -2.34. The maximum absolute atomic E-state index is 12.5. The minimum atomic E-state index is 0.230. The SMILES string of the molecule is CC1CCC(C(=O)N(C)Cc2cccc(CN)c2)CC1. The molecule has 2 rings (SSSR count). The number of benzene rings is 1. The summed E-state index contributed by atoms with van der Waals surface area (Å²) in [6.07, 6.45) is 4.47. The van der Waals surface area contributed by atoms with E-state index in [0.29, 0.717) is 19.0 Å². The van der Waals surface area contributed by atoms with Crippen LogP contribution >= 0.6 is 0 Å². The molecular formula is C17H26N2O. The molecule has 1 amide bonds. The van der Waals surface area contributed by atoms with Gasteiger partial charge in [-0.1, -0.05) is 31.2 Å². The van der Waals surface area contributed by atoms with Gasteiger partial charge in [0.15, 0.2) is 0 Å². The van der Waals surface area contributed by atoms with Crippen molar-refractivity contribution in [2.75, 3.05) is 7.05 Å². The molecule has 110 valence electrons. The third-order valence-corrected chi connectivity index (χ3v) is 4.39. The van der Waals surface area contributed by atoms with Crippen molar-refractivity contribution in [2.45, 2.75) is 45.7 Å². The van der Waals surface area contributed by atoms with E-state index in [1.54, 1.807) is 0 Å². The molecule has 1 aromatic rings. The van der Waals surface area contributed by atoms with Gasteiger partial charge in [-0.2, -0.15) is 0 Å². The average Bonchev–Trinajstić information content (AvgIpc) is 2.47. The molecule has 0 aliphatic heterocycles. The van der Waals surface area contributed by atoms with Crippen LogP contribution in [0.25, 0.3) is 0 Å². The number of nitrogens with zero attached hydrogens (tertiary/aromatic N) is 1. The van der Waals surface area contributed by atoms with E-state index in [1.807, 2.05) is 24.1 Å². The zero-order valence-electron chi connectivity index (χ0n) is 12.6. The van der Waals surface area contributed by atoms with E-state index in [4.69, 9.17) is 5.73 Å². The molecule has 1 aromatic carbocycles. The van der Waals surface area contributed by atoms with Crippen LogP contribution < -0.4 is 5.73 Å². The van der Waals surface area contributed by atoms with Crippen molar-refractivity contribution in [3.63, 3.8) is 0 Å². The van der Waals surface area contributed by atoms with Crippen molar-refractivity contribution in [1.82, 2.24) is 4.90 Å². The van der Waals surface area contributed by atoms with Crippen LogP contribution in [0.15, 0.2) is 24.3 Å². The monoisotopic (exact) mass is 274 g/mol. The second-order valence-corrected chi connectivity index (χ2v) is 6.18. The third-order valence-electron chi connectivity index (χ3n) is 4.39. The van der Waals surface area contributed by atoms with E-state index in [9.17, 15) is 4.79 Å². The molecule has 1 aliphatic carbocycles. The topological polar surface area (TPSA) is 46.3 Å². The number of hydrogen-bond donors (Lipinski definition) is 1. The molecule has 3 nitrogen and oxygen atoms in total. The van der Waals surface area contributed by atoms with Crippen LogP contribution in [0.2, 0.25) is 0 Å². The normalized spacial score (nSPS) is 22.6. The van der Waals surface area contributed by atoms with Crippen molar-refractivity contribution >= 4 is 5.91 Å². The van der Waals surface area contributed by atoms with E-state index in [1.165, 1.54) is 12.8 Å². The van der Waals surface area contributed by atoms with E-state index in [0.717, 1.165) is 29.9 Å². The number of carbonyl (C=O) groups excluding carboxylic acids is 1. The van der Waals surface area contributed by atoms with Gasteiger partial charge >= 0.3 is 0 Å². The van der Waals surface area contributed by atoms with Crippen molar-refractivity contribution in [3.05, 3.63) is 35.4 Å². The Morgan fingerprint density at radius 1 is 1.25 bits per heavy atom. The summed E-state index contributed by atoms with van der Waals surface area (Å²) in [6, 6.07) is 8.19. The average molecular weight is 274 g/mol. The Morgan fingerprint density at radius 3 is 2.55 bits per heavy atom. The smallest absolute Gasteiger partial charge is 0.225 e. The minimum absolute atomic E-state index is 0.230. The number of carbonyl (C=O) groups is 1. The summed E-state index contributed by atoms with van der Waals surface area (Å²) in [7, 11) is 1.91. The molecule has 3 heteroatoms. The molecule has 0 saturated heterocycles. The fourth-order valence-electron chi connectivity index (χ4n) is 3.03. The van der Waals surface area contributed by atoms with Crippen LogP contribution in [0.3, 0.4) is 0 Å². The number of amides is 1. The van der Waals surface area contributed by atoms with Crippen LogP contribution in [-0.4, -0.2) is 17.9 Å². The van der Waals surface area contributed by atoms with Crippen LogP contribution in [0.5, 0.6) is 0 Å². The molecule has 0 atom stereocenters. The molecule has 2 N–H and O–H groups in total. The van der Waals surface area contributed by atoms with Crippen molar-refractivity contribution in [1.29, 1.82) is 0 Å². The number of hydrogen-bond acceptors (Lipinski definition) is 2. The highest BCUT2D eigenvalue weighted by molar-refractivity contribution is 5.78. The fraction of sp³-hybridized carbons (Fsp3) is 0.588. The first kappa shape index (κ1) is 15.0. The minimum Gasteiger partial charge on any atom is -0.341 e. The van der Waals surface area contributed by atoms with E-state index in [2.05, 4.69) is 19.1 Å². The summed E-state index contributed by atoms with van der Waals surface area (Å²) >= 11 is 0. The first-order chi connectivity index (χ1) is 9.60. The Morgan fingerprint density at radius 2 is 1.90 bits per heavy atom. The second kappa shape index (κ2) is 6.89. The molecule has 0 aromatic heterocycles. The number of rotatable bonds is 4. The predicted octanol–water partition coefficient (Wildman–Crippen LogP) is 2.93. The number of nitrogens with two attached hydrogens (primary N) is 1. The molecule has 1 aliphatic rings. The Kier molecular flexibility index (Phi) is 5.18. The van der Waals surface area contributed by atoms with Gasteiger partial charge in [0, 0.05) is 26.1 Å². The largest absolute Gasteiger partial charge is 0.341 e. The van der Waals surface area contributed by atoms with Gasteiger partial charge < -0.3 is 10.6 Å². The maximum Gasteiger partial charge on any atom is 0.225 e. The van der Waals surface area contributed by atoms with E-state index >= 15 is 0 Å². The molecule has 1 fully saturated rings. The quantitative estimate of drug-likeness (QED) is 0.917. The highest BCUT2D eigenvalue weighted by Crippen LogP contribution is 2.29. The van der Waals surface area contributed by atoms with Gasteiger partial charge in [-0.15, -0.1) is 0 Å². The molecule has 0 radical (unpaired) electrons. The Bertz CT molecular complexity index is 450. The van der Waals surface area contributed by atoms with Gasteiger partial charge in [0.05, 0.1) is 0 Å². The van der Waals surface area contributed by atoms with Crippen molar-refractivity contribution in [3.8, 4) is 0 Å². The van der Waals surface area contributed by atoms with Gasteiger partial charge in [0.2, 0.25) is 5.91 Å². The molecule has 0 unspecified atom stereocenters. The lowest BCUT2D eigenvalue weighted by atomic mass is 9.82. The van der Waals surface area contributed by atoms with Gasteiger partial charge in [0.25, 0.3) is 0 Å². The third kappa shape index (κ3) is 3.83. The predicted molar refractivity (Wildman–Crippen MR) is 81.9 cm³/mol. The summed E-state index contributed by atoms with van der Waals surface area (Å²) in [6.45, 7) is 3.51. The van der Waals surface area contributed by atoms with Crippen LogP contribution in [0.4, 0.5) is 0 Å². The second-order valence-electron chi connectivity index (χ2n) is 6.18. The Balaban J connectivity index is 1.93. The van der Waals surface area contributed by atoms with Gasteiger partial charge in [-0.3, -0.25) is 4.79 Å². The molecule has 20 heavy (non-hydrogen) atoms. The molecule has 0 spiro atoms. The van der Waals surface area contributed by atoms with Crippen molar-refractivity contribution < 1.29 is 4.79 Å². The highest BCUT2D eigenvalue weighted by atomic mass is 16.2. The maximum atomic E-state index is 12.5. The van der Waals surface area contributed by atoms with E-state index in [-0.39, 0.29) is 5.92 Å². The summed E-state index contributed by atoms with van der Waals surface area (Å²) < 4.78 is 0. The Labute approximate surface area is 122 Å². The summed E-state index contributed by atoms with van der Waals surface area (Å²) in [4.78, 5) is 14.3. The van der Waals surface area contributed by atoms with E-state index < -0.39 is 0 Å². The Hall–Kier alpha value is -1.35. The zero-order valence-corrected chi connectivity index (χ0v) is 12.6. The molecule has 1 saturated carbocycles. The standard InChI is InChI=1S/C17H26N2O/c1-13-6-8-16(9-7-13)17(20)19(2)12-15-5-3-4-14(10-15)11-18/h3-5,10,13,16H,6-9,11-12,18H2,1-2H3. The van der Waals surface area contributed by atoms with Gasteiger partial charge in [-0.25, -0.2) is 0 Å². The van der Waals surface area contributed by atoms with Crippen LogP contribution in [0.1, 0.15) is 43.7 Å². The van der Waals surface area contributed by atoms with Crippen molar-refractivity contribution in [2.24, 2.45) is 17.6 Å². The lowest BCUT2D eigenvalue weighted by Gasteiger charge is -2.29. The lowest BCUT2D eigenvalue weighted by molar-refractivity contribution is -0.136. The molecular weight excluding hydrogens is 248 g/mol. The molecule has 0 bridgehead atoms. The first-order valence-corrected chi connectivity index (χ1v) is 7.63. The van der Waals surface area contributed by atoms with Crippen LogP contribution in [0, 0.1) is 11.8 Å². The molecule has 0 heterocycles. The first-order valence-electron chi connectivity index (χ1n) is 7.63. The summed E-state index contributed by atoms with van der Waals surface area (Å²) in [5.41, 5.74) is 7.94. The van der Waals surface area contributed by atoms with Crippen LogP contribution in [-0.2, 0) is 17.9 Å². The fourth-order valence-corrected chi connectivity index (χ4v) is 3.03. The summed E-state index contributed by atoms with van der Waals surface area (Å²) in [5.74, 6) is 1.31. The highest BCUT2D eigenvalue weighted by Gasteiger charge is 2.26. The van der Waals surface area contributed by atoms with Gasteiger partial charge in [-0.05, 0) is 42.7 Å².